The maximum atomic E-state index is 5.65. The molecule has 1 aromatic heterocycles. The highest BCUT2D eigenvalue weighted by atomic mass is 127. The van der Waals surface area contributed by atoms with E-state index in [1.165, 1.54) is 30.8 Å². The topological polar surface area (TPSA) is 61.8 Å². The smallest absolute Gasteiger partial charge is 0.191 e. The Bertz CT molecular complexity index is 590. The van der Waals surface area contributed by atoms with E-state index < -0.39 is 0 Å². The number of hydrogen-bond donors (Lipinski definition) is 2. The number of halogens is 1. The van der Waals surface area contributed by atoms with Gasteiger partial charge in [0, 0.05) is 36.7 Å². The first kappa shape index (κ1) is 22.8. The summed E-state index contributed by atoms with van der Waals surface area (Å²) in [7, 11) is 0. The molecule has 0 amide bonds. The van der Waals surface area contributed by atoms with Crippen molar-refractivity contribution in [1.29, 1.82) is 0 Å². The van der Waals surface area contributed by atoms with Crippen LogP contribution in [0.4, 0.5) is 0 Å². The van der Waals surface area contributed by atoms with Gasteiger partial charge in [0.05, 0.1) is 12.2 Å². The van der Waals surface area contributed by atoms with Crippen LogP contribution in [0.2, 0.25) is 0 Å². The van der Waals surface area contributed by atoms with Crippen LogP contribution < -0.4 is 10.6 Å². The quantitative estimate of drug-likeness (QED) is 0.352. The average molecular weight is 507 g/mol. The lowest BCUT2D eigenvalue weighted by Crippen LogP contribution is -2.58. The van der Waals surface area contributed by atoms with Gasteiger partial charge in [0.1, 0.15) is 5.01 Å². The zero-order valence-electron chi connectivity index (χ0n) is 16.8. The molecule has 0 bridgehead atoms. The van der Waals surface area contributed by atoms with Crippen LogP contribution in [0.15, 0.2) is 4.99 Å². The van der Waals surface area contributed by atoms with Gasteiger partial charge in [-0.05, 0) is 59.5 Å². The van der Waals surface area contributed by atoms with E-state index in [-0.39, 0.29) is 29.5 Å². The Hall–Kier alpha value is -0.450. The molecule has 154 valence electrons. The molecule has 6 nitrogen and oxygen atoms in total. The van der Waals surface area contributed by atoms with Gasteiger partial charge in [-0.1, -0.05) is 0 Å². The summed E-state index contributed by atoms with van der Waals surface area (Å²) in [6.45, 7) is 12.9. The summed E-state index contributed by atoms with van der Waals surface area (Å²) in [5.74, 6) is 0.892. The van der Waals surface area contributed by atoms with Gasteiger partial charge in [-0.3, -0.25) is 4.90 Å². The number of aliphatic imine (C=N–C) groups is 1. The van der Waals surface area contributed by atoms with Crippen LogP contribution in [0.25, 0.3) is 0 Å². The molecule has 8 heteroatoms. The van der Waals surface area contributed by atoms with Crippen molar-refractivity contribution in [1.82, 2.24) is 20.5 Å². The summed E-state index contributed by atoms with van der Waals surface area (Å²) in [4.78, 5) is 13.3. The number of hydrogen-bond acceptors (Lipinski definition) is 5. The number of aromatic nitrogens is 1. The Morgan fingerprint density at radius 1 is 1.22 bits per heavy atom. The molecule has 2 aliphatic rings. The molecule has 2 fully saturated rings. The van der Waals surface area contributed by atoms with Crippen molar-refractivity contribution in [2.45, 2.75) is 58.5 Å². The molecule has 2 N–H and O–H groups in total. The SMILES string of the molecule is CCNC(=NCc1nc(C)c(C)s1)NCC1(N2CCCC2)CCOCC1.I. The summed E-state index contributed by atoms with van der Waals surface area (Å²) in [5, 5.41) is 8.09. The second-order valence-corrected chi connectivity index (χ2v) is 8.62. The fourth-order valence-corrected chi connectivity index (χ4v) is 4.75. The summed E-state index contributed by atoms with van der Waals surface area (Å²) < 4.78 is 5.65. The normalized spacial score (nSPS) is 20.3. The molecule has 0 aromatic carbocycles. The van der Waals surface area contributed by atoms with Crippen LogP contribution in [0, 0.1) is 13.8 Å². The molecule has 0 saturated carbocycles. The highest BCUT2D eigenvalue weighted by molar-refractivity contribution is 14.0. The Labute approximate surface area is 184 Å². The van der Waals surface area contributed by atoms with Gasteiger partial charge >= 0.3 is 0 Å². The van der Waals surface area contributed by atoms with Crippen LogP contribution in [0.5, 0.6) is 0 Å². The maximum absolute atomic E-state index is 5.65. The number of nitrogens with zero attached hydrogens (tertiary/aromatic N) is 3. The minimum absolute atomic E-state index is 0. The predicted octanol–water partition coefficient (Wildman–Crippen LogP) is 3.08. The molecule has 0 atom stereocenters. The lowest BCUT2D eigenvalue weighted by molar-refractivity contribution is -0.0164. The largest absolute Gasteiger partial charge is 0.381 e. The highest BCUT2D eigenvalue weighted by Gasteiger charge is 2.39. The molecular formula is C19H34IN5OS. The fraction of sp³-hybridized carbons (Fsp3) is 0.789. The molecule has 2 aliphatic heterocycles. The van der Waals surface area contributed by atoms with Gasteiger partial charge in [0.2, 0.25) is 0 Å². The number of nitrogens with one attached hydrogen (secondary N) is 2. The summed E-state index contributed by atoms with van der Waals surface area (Å²) in [6, 6.07) is 0. The van der Waals surface area contributed by atoms with E-state index in [4.69, 9.17) is 9.73 Å². The lowest BCUT2D eigenvalue weighted by Gasteiger charge is -2.45. The number of guanidine groups is 1. The molecule has 3 rings (SSSR count). The van der Waals surface area contributed by atoms with Crippen LogP contribution >= 0.6 is 35.3 Å². The monoisotopic (exact) mass is 507 g/mol. The number of ether oxygens (including phenoxy) is 1. The van der Waals surface area contributed by atoms with Crippen molar-refractivity contribution >= 4 is 41.3 Å². The third-order valence-corrected chi connectivity index (χ3v) is 6.63. The first-order valence-electron chi connectivity index (χ1n) is 9.91. The first-order chi connectivity index (χ1) is 12.6. The van der Waals surface area contributed by atoms with Crippen molar-refractivity contribution in [3.05, 3.63) is 15.6 Å². The molecule has 0 aliphatic carbocycles. The molecule has 2 saturated heterocycles. The van der Waals surface area contributed by atoms with E-state index in [9.17, 15) is 0 Å². The maximum Gasteiger partial charge on any atom is 0.191 e. The standard InChI is InChI=1S/C19H33N5OS.HI/c1-4-20-18(21-13-17-23-15(2)16(3)26-17)22-14-19(7-11-25-12-8-19)24-9-5-6-10-24;/h4-14H2,1-3H3,(H2,20,21,22);1H. The number of rotatable bonds is 6. The van der Waals surface area contributed by atoms with E-state index in [2.05, 4.69) is 41.3 Å². The van der Waals surface area contributed by atoms with Crippen molar-refractivity contribution in [2.24, 2.45) is 4.99 Å². The van der Waals surface area contributed by atoms with Crippen LogP contribution in [-0.2, 0) is 11.3 Å². The van der Waals surface area contributed by atoms with Gasteiger partial charge in [-0.2, -0.15) is 0 Å². The number of thiazole rings is 1. The van der Waals surface area contributed by atoms with Crippen molar-refractivity contribution in [3.8, 4) is 0 Å². The first-order valence-corrected chi connectivity index (χ1v) is 10.7. The van der Waals surface area contributed by atoms with Gasteiger partial charge in [-0.25, -0.2) is 9.98 Å². The molecule has 0 spiro atoms. The van der Waals surface area contributed by atoms with E-state index >= 15 is 0 Å². The van der Waals surface area contributed by atoms with Crippen molar-refractivity contribution in [2.75, 3.05) is 39.4 Å². The van der Waals surface area contributed by atoms with E-state index in [0.717, 1.165) is 55.8 Å². The van der Waals surface area contributed by atoms with Crippen LogP contribution in [-0.4, -0.2) is 60.8 Å². The van der Waals surface area contributed by atoms with E-state index in [1.54, 1.807) is 11.3 Å². The molecule has 27 heavy (non-hydrogen) atoms. The Balaban J connectivity index is 0.00000261. The van der Waals surface area contributed by atoms with Crippen molar-refractivity contribution < 1.29 is 4.74 Å². The third-order valence-electron chi connectivity index (χ3n) is 5.57. The highest BCUT2D eigenvalue weighted by Crippen LogP contribution is 2.30. The second kappa shape index (κ2) is 10.9. The van der Waals surface area contributed by atoms with E-state index in [1.807, 2.05) is 0 Å². The molecule has 1 aromatic rings. The van der Waals surface area contributed by atoms with E-state index in [0.29, 0.717) is 6.54 Å². The molecule has 0 radical (unpaired) electrons. The lowest BCUT2D eigenvalue weighted by atomic mass is 9.88. The second-order valence-electron chi connectivity index (χ2n) is 7.33. The minimum atomic E-state index is 0. The predicted molar refractivity (Wildman–Crippen MR) is 123 cm³/mol. The summed E-state index contributed by atoms with van der Waals surface area (Å²) in [6.07, 6.45) is 4.84. The van der Waals surface area contributed by atoms with Gasteiger partial charge in [-0.15, -0.1) is 35.3 Å². The van der Waals surface area contributed by atoms with Gasteiger partial charge in [0.15, 0.2) is 5.96 Å². The molecular weight excluding hydrogens is 473 g/mol. The summed E-state index contributed by atoms with van der Waals surface area (Å²) >= 11 is 1.74. The summed E-state index contributed by atoms with van der Waals surface area (Å²) in [5.41, 5.74) is 1.33. The van der Waals surface area contributed by atoms with Crippen LogP contribution in [0.3, 0.4) is 0 Å². The van der Waals surface area contributed by atoms with Gasteiger partial charge in [0.25, 0.3) is 0 Å². The van der Waals surface area contributed by atoms with Crippen LogP contribution in [0.1, 0.15) is 48.2 Å². The zero-order valence-corrected chi connectivity index (χ0v) is 20.0. The number of aryl methyl sites for hydroxylation is 2. The third kappa shape index (κ3) is 6.01. The minimum Gasteiger partial charge on any atom is -0.381 e. The van der Waals surface area contributed by atoms with Gasteiger partial charge < -0.3 is 15.4 Å². The fourth-order valence-electron chi connectivity index (χ4n) is 3.89. The average Bonchev–Trinajstić information content (AvgIpc) is 3.29. The molecule has 0 unspecified atom stereocenters. The molecule has 3 heterocycles. The Morgan fingerprint density at radius 3 is 2.52 bits per heavy atom. The van der Waals surface area contributed by atoms with Crippen molar-refractivity contribution in [3.63, 3.8) is 0 Å². The Morgan fingerprint density at radius 2 is 1.93 bits per heavy atom. The number of likely N-dealkylation sites (tertiary alicyclic amines) is 1. The zero-order chi connectivity index (χ0) is 18.4. The Kier molecular flexibility index (Phi) is 9.24.